The predicted octanol–water partition coefficient (Wildman–Crippen LogP) is 0.888. The fourth-order valence-electron chi connectivity index (χ4n) is 1.05. The van der Waals surface area contributed by atoms with Crippen molar-refractivity contribution in [3.63, 3.8) is 0 Å². The molecular weight excluding hydrogens is 189 g/mol. The maximum absolute atomic E-state index is 13.1. The molecule has 0 aromatic heterocycles. The number of benzene rings is 1. The van der Waals surface area contributed by atoms with Crippen molar-refractivity contribution in [3.05, 3.63) is 34.6 Å². The van der Waals surface area contributed by atoms with E-state index in [1.807, 2.05) is 0 Å². The van der Waals surface area contributed by atoms with Crippen molar-refractivity contribution in [2.75, 3.05) is 0 Å². The number of nitriles is 1. The summed E-state index contributed by atoms with van der Waals surface area (Å²) < 4.78 is 13.1. The van der Waals surface area contributed by atoms with Crippen LogP contribution >= 0.6 is 0 Å². The Labute approximate surface area is 78.8 Å². The van der Waals surface area contributed by atoms with Gasteiger partial charge in [-0.3, -0.25) is 0 Å². The maximum atomic E-state index is 13.1. The van der Waals surface area contributed by atoms with E-state index in [0.717, 1.165) is 12.1 Å². The Morgan fingerprint density at radius 3 is 2.64 bits per heavy atom. The molecule has 0 amide bonds. The highest BCUT2D eigenvalue weighted by molar-refractivity contribution is 5.89. The minimum atomic E-state index is -1.37. The molecule has 1 rings (SSSR count). The molecule has 0 fully saturated rings. The van der Waals surface area contributed by atoms with Crippen molar-refractivity contribution >= 4 is 5.97 Å². The van der Waals surface area contributed by atoms with Crippen LogP contribution in [0.2, 0.25) is 0 Å². The van der Waals surface area contributed by atoms with Crippen molar-refractivity contribution in [3.8, 4) is 6.07 Å². The molecule has 0 saturated carbocycles. The van der Waals surface area contributed by atoms with Crippen molar-refractivity contribution in [1.82, 2.24) is 0 Å². The van der Waals surface area contributed by atoms with E-state index in [4.69, 9.17) is 15.5 Å². The van der Waals surface area contributed by atoms with Crippen LogP contribution in [-0.2, 0) is 6.61 Å². The lowest BCUT2D eigenvalue weighted by molar-refractivity contribution is 0.0692. The smallest absolute Gasteiger partial charge is 0.336 e. The van der Waals surface area contributed by atoms with Gasteiger partial charge >= 0.3 is 5.97 Å². The van der Waals surface area contributed by atoms with Gasteiger partial charge in [-0.2, -0.15) is 5.26 Å². The molecular formula is C9H6FNO3. The van der Waals surface area contributed by atoms with Gasteiger partial charge in [0, 0.05) is 5.56 Å². The molecule has 0 heterocycles. The first-order chi connectivity index (χ1) is 6.60. The predicted molar refractivity (Wildman–Crippen MR) is 44.0 cm³/mol. The summed E-state index contributed by atoms with van der Waals surface area (Å²) in [7, 11) is 0. The summed E-state index contributed by atoms with van der Waals surface area (Å²) in [6.45, 7) is -0.709. The van der Waals surface area contributed by atoms with E-state index >= 15 is 0 Å². The SMILES string of the molecule is N#Cc1cc(F)c(CO)c(C(=O)O)c1. The second-order valence-electron chi connectivity index (χ2n) is 2.56. The Balaban J connectivity index is 3.45. The number of halogens is 1. The van der Waals surface area contributed by atoms with E-state index in [1.165, 1.54) is 0 Å². The highest BCUT2D eigenvalue weighted by Gasteiger charge is 2.15. The lowest BCUT2D eigenvalue weighted by Gasteiger charge is -2.04. The fourth-order valence-corrected chi connectivity index (χ4v) is 1.05. The topological polar surface area (TPSA) is 81.3 Å². The van der Waals surface area contributed by atoms with Crippen molar-refractivity contribution in [2.24, 2.45) is 0 Å². The number of aliphatic hydroxyl groups is 1. The Bertz CT molecular complexity index is 423. The molecule has 0 radical (unpaired) electrons. The molecule has 1 aromatic rings. The van der Waals surface area contributed by atoms with Gasteiger partial charge in [-0.25, -0.2) is 9.18 Å². The summed E-state index contributed by atoms with van der Waals surface area (Å²) in [5, 5.41) is 25.8. The number of nitrogens with zero attached hydrogens (tertiary/aromatic N) is 1. The van der Waals surface area contributed by atoms with Crippen LogP contribution in [0, 0.1) is 17.1 Å². The highest BCUT2D eigenvalue weighted by atomic mass is 19.1. The first kappa shape index (κ1) is 10.2. The number of carboxylic acid groups (broad SMARTS) is 1. The summed E-state index contributed by atoms with van der Waals surface area (Å²) in [6, 6.07) is 3.54. The number of rotatable bonds is 2. The van der Waals surface area contributed by atoms with E-state index < -0.39 is 18.4 Å². The van der Waals surface area contributed by atoms with E-state index in [-0.39, 0.29) is 16.7 Å². The molecule has 0 spiro atoms. The minimum Gasteiger partial charge on any atom is -0.478 e. The van der Waals surface area contributed by atoms with E-state index in [2.05, 4.69) is 0 Å². The lowest BCUT2D eigenvalue weighted by atomic mass is 10.0. The van der Waals surface area contributed by atoms with Gasteiger partial charge in [-0.05, 0) is 12.1 Å². The first-order valence-corrected chi connectivity index (χ1v) is 3.66. The molecule has 0 aliphatic carbocycles. The van der Waals surface area contributed by atoms with Gasteiger partial charge in [-0.15, -0.1) is 0 Å². The molecule has 2 N–H and O–H groups in total. The first-order valence-electron chi connectivity index (χ1n) is 3.66. The largest absolute Gasteiger partial charge is 0.478 e. The van der Waals surface area contributed by atoms with Gasteiger partial charge in [0.05, 0.1) is 23.8 Å². The second kappa shape index (κ2) is 3.85. The zero-order valence-electron chi connectivity index (χ0n) is 6.99. The van der Waals surface area contributed by atoms with Crippen LogP contribution in [-0.4, -0.2) is 16.2 Å². The lowest BCUT2D eigenvalue weighted by Crippen LogP contribution is -2.06. The Hall–Kier alpha value is -1.93. The van der Waals surface area contributed by atoms with Gasteiger partial charge in [0.15, 0.2) is 0 Å². The summed E-state index contributed by atoms with van der Waals surface area (Å²) >= 11 is 0. The van der Waals surface area contributed by atoms with Crippen LogP contribution in [0.15, 0.2) is 12.1 Å². The molecule has 5 heteroatoms. The summed E-state index contributed by atoms with van der Waals surface area (Å²) in [5.74, 6) is -2.26. The van der Waals surface area contributed by atoms with Crippen molar-refractivity contribution in [2.45, 2.75) is 6.61 Å². The van der Waals surface area contributed by atoms with Crippen molar-refractivity contribution in [1.29, 1.82) is 5.26 Å². The summed E-state index contributed by atoms with van der Waals surface area (Å²) in [4.78, 5) is 10.6. The minimum absolute atomic E-state index is 0.0860. The van der Waals surface area contributed by atoms with Crippen LogP contribution in [0.3, 0.4) is 0 Å². The normalized spacial score (nSPS) is 9.50. The van der Waals surface area contributed by atoms with Crippen LogP contribution < -0.4 is 0 Å². The maximum Gasteiger partial charge on any atom is 0.336 e. The van der Waals surface area contributed by atoms with E-state index in [9.17, 15) is 9.18 Å². The molecule has 14 heavy (non-hydrogen) atoms. The Kier molecular flexibility index (Phi) is 2.79. The molecule has 0 atom stereocenters. The van der Waals surface area contributed by atoms with Crippen LogP contribution in [0.4, 0.5) is 4.39 Å². The third kappa shape index (κ3) is 1.70. The van der Waals surface area contributed by atoms with Crippen molar-refractivity contribution < 1.29 is 19.4 Å². The third-order valence-electron chi connectivity index (χ3n) is 1.71. The Morgan fingerprint density at radius 2 is 2.21 bits per heavy atom. The van der Waals surface area contributed by atoms with Gasteiger partial charge in [0.1, 0.15) is 5.82 Å². The second-order valence-corrected chi connectivity index (χ2v) is 2.56. The zero-order chi connectivity index (χ0) is 10.7. The molecule has 1 aromatic carbocycles. The number of aliphatic hydroxyl groups excluding tert-OH is 1. The zero-order valence-corrected chi connectivity index (χ0v) is 6.99. The number of hydrogen-bond donors (Lipinski definition) is 2. The van der Waals surface area contributed by atoms with Gasteiger partial charge in [0.2, 0.25) is 0 Å². The molecule has 72 valence electrons. The average molecular weight is 195 g/mol. The quantitative estimate of drug-likeness (QED) is 0.734. The average Bonchev–Trinajstić information content (AvgIpc) is 2.16. The molecule has 4 nitrogen and oxygen atoms in total. The van der Waals surface area contributed by atoms with E-state index in [0.29, 0.717) is 0 Å². The van der Waals surface area contributed by atoms with Gasteiger partial charge in [0.25, 0.3) is 0 Å². The standard InChI is InChI=1S/C9H6FNO3/c10-8-2-5(3-11)1-6(9(13)14)7(8)4-12/h1-2,12H,4H2,(H,13,14). The molecule has 0 aliphatic heterocycles. The summed E-state index contributed by atoms with van der Waals surface area (Å²) in [5.41, 5.74) is -0.780. The van der Waals surface area contributed by atoms with Gasteiger partial charge < -0.3 is 10.2 Å². The molecule has 0 bridgehead atoms. The third-order valence-corrected chi connectivity index (χ3v) is 1.71. The van der Waals surface area contributed by atoms with Crippen LogP contribution in [0.25, 0.3) is 0 Å². The number of carboxylic acids is 1. The molecule has 0 unspecified atom stereocenters. The van der Waals surface area contributed by atoms with Gasteiger partial charge in [-0.1, -0.05) is 0 Å². The molecule has 0 saturated heterocycles. The molecule has 0 aliphatic rings. The number of hydrogen-bond acceptors (Lipinski definition) is 3. The van der Waals surface area contributed by atoms with Crippen LogP contribution in [0.1, 0.15) is 21.5 Å². The fraction of sp³-hybridized carbons (Fsp3) is 0.111. The number of carbonyl (C=O) groups is 1. The van der Waals surface area contributed by atoms with E-state index in [1.54, 1.807) is 6.07 Å². The highest BCUT2D eigenvalue weighted by Crippen LogP contribution is 2.16. The monoisotopic (exact) mass is 195 g/mol. The van der Waals surface area contributed by atoms with Crippen LogP contribution in [0.5, 0.6) is 0 Å². The summed E-state index contributed by atoms with van der Waals surface area (Å²) in [6.07, 6.45) is 0. The Morgan fingerprint density at radius 1 is 1.57 bits per heavy atom. The number of aromatic carboxylic acids is 1.